The quantitative estimate of drug-likeness (QED) is 0.732. The Morgan fingerprint density at radius 3 is 2.60 bits per heavy atom. The zero-order valence-corrected chi connectivity index (χ0v) is 10.7. The van der Waals surface area contributed by atoms with Crippen molar-refractivity contribution >= 4 is 40.1 Å². The number of hydrogen-bond acceptors (Lipinski definition) is 3. The second-order valence-corrected chi connectivity index (χ2v) is 5.86. The van der Waals surface area contributed by atoms with Gasteiger partial charge in [-0.25, -0.2) is 0 Å². The Labute approximate surface area is 101 Å². The minimum Gasteiger partial charge on any atom is -0.287 e. The van der Waals surface area contributed by atoms with Gasteiger partial charge in [0.1, 0.15) is 0 Å². The highest BCUT2D eigenvalue weighted by Gasteiger charge is 2.16. The minimum absolute atomic E-state index is 0.0381. The van der Waals surface area contributed by atoms with Crippen LogP contribution in [-0.2, 0) is 0 Å². The number of carbonyl (C=O) groups excluding carboxylic acids is 1. The maximum Gasteiger partial charge on any atom is 0.214 e. The molecule has 0 radical (unpaired) electrons. The van der Waals surface area contributed by atoms with Crippen LogP contribution in [0.4, 0.5) is 0 Å². The fourth-order valence-corrected chi connectivity index (χ4v) is 3.39. The molecule has 2 heterocycles. The first-order valence-electron chi connectivity index (χ1n) is 4.44. The molecular weight excluding hydrogens is 248 g/mol. The van der Waals surface area contributed by atoms with Crippen molar-refractivity contribution in [1.29, 1.82) is 0 Å². The van der Waals surface area contributed by atoms with Crippen molar-refractivity contribution in [3.63, 3.8) is 0 Å². The van der Waals surface area contributed by atoms with Crippen LogP contribution >= 0.6 is 34.3 Å². The molecule has 0 bridgehead atoms. The molecule has 0 unspecified atom stereocenters. The third-order valence-corrected chi connectivity index (χ3v) is 4.70. The lowest BCUT2D eigenvalue weighted by Crippen LogP contribution is -1.95. The van der Waals surface area contributed by atoms with Crippen LogP contribution in [-0.4, -0.2) is 5.78 Å². The Hall–Kier alpha value is -0.640. The fraction of sp³-hybridized carbons (Fsp3) is 0.182. The average Bonchev–Trinajstić information content (AvgIpc) is 2.74. The molecule has 15 heavy (non-hydrogen) atoms. The first-order chi connectivity index (χ1) is 7.09. The molecule has 0 amide bonds. The van der Waals surface area contributed by atoms with E-state index in [2.05, 4.69) is 0 Å². The summed E-state index contributed by atoms with van der Waals surface area (Å²) in [6.07, 6.45) is 0. The lowest BCUT2D eigenvalue weighted by atomic mass is 10.2. The normalized spacial score (nSPS) is 10.6. The van der Waals surface area contributed by atoms with Crippen molar-refractivity contribution in [2.24, 2.45) is 0 Å². The first kappa shape index (κ1) is 10.9. The SMILES string of the molecule is Cc1cc(C(=O)c2sccc2Cl)sc1C. The Bertz CT molecular complexity index is 491. The second-order valence-electron chi connectivity index (χ2n) is 3.28. The summed E-state index contributed by atoms with van der Waals surface area (Å²) >= 11 is 8.85. The van der Waals surface area contributed by atoms with Gasteiger partial charge in [0.05, 0.1) is 14.8 Å². The third kappa shape index (κ3) is 2.00. The number of hydrogen-bond donors (Lipinski definition) is 0. The summed E-state index contributed by atoms with van der Waals surface area (Å²) in [4.78, 5) is 14.6. The summed E-state index contributed by atoms with van der Waals surface area (Å²) in [5.41, 5.74) is 1.16. The summed E-state index contributed by atoms with van der Waals surface area (Å²) in [6, 6.07) is 3.69. The van der Waals surface area contributed by atoms with Gasteiger partial charge in [-0.3, -0.25) is 4.79 Å². The summed E-state index contributed by atoms with van der Waals surface area (Å²) < 4.78 is 0. The lowest BCUT2D eigenvalue weighted by Gasteiger charge is -1.93. The van der Waals surface area contributed by atoms with Crippen molar-refractivity contribution in [2.75, 3.05) is 0 Å². The van der Waals surface area contributed by atoms with Gasteiger partial charge < -0.3 is 0 Å². The average molecular weight is 257 g/mol. The maximum absolute atomic E-state index is 12.0. The van der Waals surface area contributed by atoms with Gasteiger partial charge in [0, 0.05) is 4.88 Å². The molecule has 1 nitrogen and oxygen atoms in total. The molecule has 0 spiro atoms. The smallest absolute Gasteiger partial charge is 0.214 e. The summed E-state index contributed by atoms with van der Waals surface area (Å²) in [5.74, 6) is 0.0381. The third-order valence-electron chi connectivity index (χ3n) is 2.21. The van der Waals surface area contributed by atoms with E-state index >= 15 is 0 Å². The number of rotatable bonds is 2. The minimum atomic E-state index is 0.0381. The van der Waals surface area contributed by atoms with Crippen LogP contribution in [0.25, 0.3) is 0 Å². The molecule has 0 N–H and O–H groups in total. The highest BCUT2D eigenvalue weighted by molar-refractivity contribution is 7.17. The van der Waals surface area contributed by atoms with Gasteiger partial charge in [-0.1, -0.05) is 11.6 Å². The standard InChI is InChI=1S/C11H9ClOS2/c1-6-5-9(15-7(6)2)10(13)11-8(12)3-4-14-11/h3-5H,1-2H3. The number of carbonyl (C=O) groups is 1. The molecule has 4 heteroatoms. The molecule has 2 rings (SSSR count). The van der Waals surface area contributed by atoms with Gasteiger partial charge in [-0.15, -0.1) is 22.7 Å². The lowest BCUT2D eigenvalue weighted by molar-refractivity contribution is 0.104. The van der Waals surface area contributed by atoms with Crippen molar-refractivity contribution in [3.8, 4) is 0 Å². The van der Waals surface area contributed by atoms with Crippen LogP contribution in [0.1, 0.15) is 25.0 Å². The maximum atomic E-state index is 12.0. The van der Waals surface area contributed by atoms with Crippen LogP contribution < -0.4 is 0 Å². The van der Waals surface area contributed by atoms with E-state index in [0.29, 0.717) is 9.90 Å². The molecule has 2 aromatic heterocycles. The Morgan fingerprint density at radius 2 is 2.13 bits per heavy atom. The molecule has 0 aliphatic heterocycles. The largest absolute Gasteiger partial charge is 0.287 e. The van der Waals surface area contributed by atoms with E-state index in [1.54, 1.807) is 6.07 Å². The fourth-order valence-electron chi connectivity index (χ4n) is 1.25. The number of aryl methyl sites for hydroxylation is 2. The first-order valence-corrected chi connectivity index (χ1v) is 6.51. The molecule has 0 saturated heterocycles. The van der Waals surface area contributed by atoms with Crippen molar-refractivity contribution in [2.45, 2.75) is 13.8 Å². The molecule has 0 saturated carbocycles. The molecule has 0 aliphatic rings. The zero-order chi connectivity index (χ0) is 11.0. The van der Waals surface area contributed by atoms with Crippen molar-refractivity contribution in [3.05, 3.63) is 42.7 Å². The van der Waals surface area contributed by atoms with E-state index in [9.17, 15) is 4.79 Å². The van der Waals surface area contributed by atoms with E-state index in [1.165, 1.54) is 27.6 Å². The van der Waals surface area contributed by atoms with E-state index in [1.807, 2.05) is 25.3 Å². The van der Waals surface area contributed by atoms with Gasteiger partial charge in [0.25, 0.3) is 0 Å². The summed E-state index contributed by atoms with van der Waals surface area (Å²) in [7, 11) is 0. The number of ketones is 1. The highest BCUT2D eigenvalue weighted by Crippen LogP contribution is 2.29. The number of halogens is 1. The van der Waals surface area contributed by atoms with Gasteiger partial charge in [-0.05, 0) is 36.9 Å². The Morgan fingerprint density at radius 1 is 1.40 bits per heavy atom. The predicted molar refractivity (Wildman–Crippen MR) is 66.6 cm³/mol. The molecule has 0 aromatic carbocycles. The van der Waals surface area contributed by atoms with E-state index in [4.69, 9.17) is 11.6 Å². The van der Waals surface area contributed by atoms with E-state index < -0.39 is 0 Å². The predicted octanol–water partition coefficient (Wildman–Crippen LogP) is 4.31. The van der Waals surface area contributed by atoms with Crippen LogP contribution in [0.5, 0.6) is 0 Å². The second kappa shape index (κ2) is 4.08. The Balaban J connectivity index is 2.41. The molecule has 2 aromatic rings. The van der Waals surface area contributed by atoms with Crippen LogP contribution in [0, 0.1) is 13.8 Å². The molecular formula is C11H9ClOS2. The summed E-state index contributed by atoms with van der Waals surface area (Å²) in [5, 5.41) is 2.39. The van der Waals surface area contributed by atoms with Crippen molar-refractivity contribution < 1.29 is 4.79 Å². The highest BCUT2D eigenvalue weighted by atomic mass is 35.5. The van der Waals surface area contributed by atoms with Gasteiger partial charge >= 0.3 is 0 Å². The molecule has 0 aliphatic carbocycles. The molecule has 78 valence electrons. The van der Waals surface area contributed by atoms with E-state index in [-0.39, 0.29) is 5.78 Å². The zero-order valence-electron chi connectivity index (χ0n) is 8.33. The number of thiophene rings is 2. The van der Waals surface area contributed by atoms with Crippen LogP contribution in [0.3, 0.4) is 0 Å². The topological polar surface area (TPSA) is 17.1 Å². The molecule has 0 atom stereocenters. The van der Waals surface area contributed by atoms with Gasteiger partial charge in [0.2, 0.25) is 5.78 Å². The monoisotopic (exact) mass is 256 g/mol. The van der Waals surface area contributed by atoms with Crippen LogP contribution in [0.15, 0.2) is 17.5 Å². The van der Waals surface area contributed by atoms with Gasteiger partial charge in [0.15, 0.2) is 0 Å². The van der Waals surface area contributed by atoms with Crippen molar-refractivity contribution in [1.82, 2.24) is 0 Å². The van der Waals surface area contributed by atoms with E-state index in [0.717, 1.165) is 10.4 Å². The van der Waals surface area contributed by atoms with Gasteiger partial charge in [-0.2, -0.15) is 0 Å². The molecule has 0 fully saturated rings. The van der Waals surface area contributed by atoms with Crippen LogP contribution in [0.2, 0.25) is 5.02 Å². The Kier molecular flexibility index (Phi) is 2.96. The summed E-state index contributed by atoms with van der Waals surface area (Å²) in [6.45, 7) is 4.03.